The lowest BCUT2D eigenvalue weighted by Gasteiger charge is -2.38. The minimum absolute atomic E-state index is 0.0482. The molecule has 61 heavy (non-hydrogen) atoms. The molecule has 288 valence electrons. The van der Waals surface area contributed by atoms with E-state index in [0.29, 0.717) is 0 Å². The molecule has 0 radical (unpaired) electrons. The van der Waals surface area contributed by atoms with Crippen LogP contribution >= 0.6 is 11.3 Å². The lowest BCUT2D eigenvalue weighted by atomic mass is 9.37. The molecule has 3 nitrogen and oxygen atoms in total. The van der Waals surface area contributed by atoms with Crippen LogP contribution in [0.4, 0.5) is 45.5 Å². The number of para-hydroxylation sites is 3. The van der Waals surface area contributed by atoms with Gasteiger partial charge in [0.05, 0.1) is 0 Å². The molecule has 0 unspecified atom stereocenters. The van der Waals surface area contributed by atoms with Gasteiger partial charge < -0.3 is 15.1 Å². The Morgan fingerprint density at radius 2 is 1.00 bits per heavy atom. The van der Waals surface area contributed by atoms with E-state index in [1.165, 1.54) is 48.0 Å². The summed E-state index contributed by atoms with van der Waals surface area (Å²) in [5, 5.41) is 5.30. The molecule has 11 rings (SSSR count). The van der Waals surface area contributed by atoms with Gasteiger partial charge in [0, 0.05) is 50.2 Å². The maximum atomic E-state index is 4.03. The SMILES string of the molecule is c1ccc(-c2cc(Nc3cccc4c3B(c3cc5ccccc5s3)c3ccc(N(c5ccccc5)c5ccccc5)cc3N4c3ccccc3)cc(-c3ccccc3)c2)cc1. The molecule has 0 bridgehead atoms. The van der Waals surface area contributed by atoms with Gasteiger partial charge in [-0.15, -0.1) is 11.3 Å². The molecule has 0 spiro atoms. The van der Waals surface area contributed by atoms with Crippen molar-refractivity contribution in [3.8, 4) is 22.3 Å². The molecule has 5 heteroatoms. The molecule has 2 heterocycles. The van der Waals surface area contributed by atoms with Crippen LogP contribution in [-0.2, 0) is 0 Å². The van der Waals surface area contributed by atoms with Crippen molar-refractivity contribution in [3.05, 3.63) is 237 Å². The Labute approximate surface area is 361 Å². The summed E-state index contributed by atoms with van der Waals surface area (Å²) < 4.78 is 2.60. The molecule has 1 N–H and O–H groups in total. The topological polar surface area (TPSA) is 18.5 Å². The standard InChI is InChI=1S/C56H40BN3S/c1-6-19-40(20-7-1)43-35-44(41-21-8-2-9-22-41)37-45(36-43)58-51-30-18-31-52-56(51)57(55-38-42-23-16-17-32-54(42)61-55)50-34-33-49(39-53(50)60(52)48-28-14-5-15-29-48)59(46-24-10-3-11-25-46)47-26-12-4-13-27-47/h1-39,58H. The van der Waals surface area contributed by atoms with Crippen LogP contribution in [-0.4, -0.2) is 6.71 Å². The van der Waals surface area contributed by atoms with Crippen molar-refractivity contribution >= 4 is 89.3 Å². The number of hydrogen-bond donors (Lipinski definition) is 1. The number of nitrogens with zero attached hydrogens (tertiary/aromatic N) is 2. The van der Waals surface area contributed by atoms with Crippen LogP contribution in [0.15, 0.2) is 237 Å². The summed E-state index contributed by atoms with van der Waals surface area (Å²) in [6.07, 6.45) is 0. The third-order valence-electron chi connectivity index (χ3n) is 11.6. The van der Waals surface area contributed by atoms with Gasteiger partial charge in [0.25, 0.3) is 6.71 Å². The highest BCUT2D eigenvalue weighted by Gasteiger charge is 2.39. The van der Waals surface area contributed by atoms with Gasteiger partial charge in [-0.1, -0.05) is 146 Å². The first-order valence-electron chi connectivity index (χ1n) is 20.8. The fourth-order valence-corrected chi connectivity index (χ4v) is 10.1. The summed E-state index contributed by atoms with van der Waals surface area (Å²) in [6.45, 7) is -0.0482. The lowest BCUT2D eigenvalue weighted by molar-refractivity contribution is 1.25. The van der Waals surface area contributed by atoms with Crippen LogP contribution in [0.3, 0.4) is 0 Å². The molecule has 0 aliphatic carbocycles. The van der Waals surface area contributed by atoms with Crippen LogP contribution in [0.2, 0.25) is 0 Å². The second-order valence-corrected chi connectivity index (χ2v) is 16.6. The molecule has 0 saturated carbocycles. The highest BCUT2D eigenvalue weighted by molar-refractivity contribution is 7.32. The van der Waals surface area contributed by atoms with E-state index in [4.69, 9.17) is 0 Å². The smallest absolute Gasteiger partial charge is 0.261 e. The van der Waals surface area contributed by atoms with Gasteiger partial charge >= 0.3 is 0 Å². The Balaban J connectivity index is 1.14. The van der Waals surface area contributed by atoms with Crippen LogP contribution in [0, 0.1) is 0 Å². The molecular weight excluding hydrogens is 758 g/mol. The maximum Gasteiger partial charge on any atom is 0.261 e. The maximum absolute atomic E-state index is 4.03. The molecule has 1 aromatic heterocycles. The highest BCUT2D eigenvalue weighted by atomic mass is 32.1. The summed E-state index contributed by atoms with van der Waals surface area (Å²) in [6, 6.07) is 85.4. The van der Waals surface area contributed by atoms with E-state index in [1.807, 2.05) is 11.3 Å². The monoisotopic (exact) mass is 797 g/mol. The second-order valence-electron chi connectivity index (χ2n) is 15.4. The number of benzene rings is 9. The van der Waals surface area contributed by atoms with E-state index < -0.39 is 0 Å². The molecule has 0 fully saturated rings. The van der Waals surface area contributed by atoms with Crippen LogP contribution < -0.4 is 30.8 Å². The normalized spacial score (nSPS) is 11.9. The van der Waals surface area contributed by atoms with E-state index in [2.05, 4.69) is 252 Å². The Kier molecular flexibility index (Phi) is 9.49. The van der Waals surface area contributed by atoms with Crippen molar-refractivity contribution in [3.63, 3.8) is 0 Å². The fourth-order valence-electron chi connectivity index (χ4n) is 8.90. The Morgan fingerprint density at radius 1 is 0.426 bits per heavy atom. The second kappa shape index (κ2) is 15.9. The molecule has 0 amide bonds. The largest absolute Gasteiger partial charge is 0.356 e. The highest BCUT2D eigenvalue weighted by Crippen LogP contribution is 2.43. The lowest BCUT2D eigenvalue weighted by Crippen LogP contribution is -2.57. The van der Waals surface area contributed by atoms with Gasteiger partial charge in [0.1, 0.15) is 0 Å². The minimum Gasteiger partial charge on any atom is -0.356 e. The van der Waals surface area contributed by atoms with Crippen molar-refractivity contribution < 1.29 is 0 Å². The Bertz CT molecular complexity index is 2990. The summed E-state index contributed by atoms with van der Waals surface area (Å²) >= 11 is 1.89. The van der Waals surface area contributed by atoms with Crippen molar-refractivity contribution in [1.29, 1.82) is 0 Å². The van der Waals surface area contributed by atoms with Gasteiger partial charge in [0.15, 0.2) is 0 Å². The first kappa shape index (κ1) is 36.5. The fraction of sp³-hybridized carbons (Fsp3) is 0. The van der Waals surface area contributed by atoms with Gasteiger partial charge in [-0.2, -0.15) is 0 Å². The number of hydrogen-bond acceptors (Lipinski definition) is 4. The van der Waals surface area contributed by atoms with Crippen LogP contribution in [0.25, 0.3) is 32.3 Å². The molecule has 0 saturated heterocycles. The van der Waals surface area contributed by atoms with Crippen LogP contribution in [0.1, 0.15) is 0 Å². The van der Waals surface area contributed by atoms with Crippen molar-refractivity contribution in [2.45, 2.75) is 0 Å². The van der Waals surface area contributed by atoms with E-state index in [0.717, 1.165) is 45.5 Å². The number of fused-ring (bicyclic) bond motifs is 3. The predicted molar refractivity (Wildman–Crippen MR) is 263 cm³/mol. The quantitative estimate of drug-likeness (QED) is 0.147. The first-order valence-corrected chi connectivity index (χ1v) is 21.6. The average molecular weight is 798 g/mol. The number of rotatable bonds is 9. The summed E-state index contributed by atoms with van der Waals surface area (Å²) in [5.74, 6) is 0. The third-order valence-corrected chi connectivity index (χ3v) is 12.8. The number of nitrogens with one attached hydrogen (secondary N) is 1. The zero-order valence-corrected chi connectivity index (χ0v) is 34.2. The molecule has 1 aliphatic rings. The molecule has 0 atom stereocenters. The van der Waals surface area contributed by atoms with Crippen molar-refractivity contribution in [2.75, 3.05) is 15.1 Å². The third kappa shape index (κ3) is 6.95. The summed E-state index contributed by atoms with van der Waals surface area (Å²) in [4.78, 5) is 4.82. The van der Waals surface area contributed by atoms with Gasteiger partial charge in [-0.25, -0.2) is 0 Å². The molecule has 9 aromatic carbocycles. The number of thiophene rings is 1. The first-order chi connectivity index (χ1) is 30.2. The van der Waals surface area contributed by atoms with Crippen molar-refractivity contribution in [1.82, 2.24) is 0 Å². The van der Waals surface area contributed by atoms with Crippen molar-refractivity contribution in [2.24, 2.45) is 0 Å². The average Bonchev–Trinajstić information content (AvgIpc) is 3.76. The number of anilines is 8. The Hall–Kier alpha value is -7.60. The zero-order valence-electron chi connectivity index (χ0n) is 33.4. The zero-order chi connectivity index (χ0) is 40.5. The molecule has 1 aliphatic heterocycles. The van der Waals surface area contributed by atoms with Gasteiger partial charge in [-0.3, -0.25) is 0 Å². The Morgan fingerprint density at radius 3 is 1.62 bits per heavy atom. The van der Waals surface area contributed by atoms with E-state index in [-0.39, 0.29) is 6.71 Å². The predicted octanol–water partition coefficient (Wildman–Crippen LogP) is 13.7. The summed E-state index contributed by atoms with van der Waals surface area (Å²) in [7, 11) is 0. The molecular formula is C56H40BN3S. The van der Waals surface area contributed by atoms with E-state index in [1.54, 1.807) is 0 Å². The van der Waals surface area contributed by atoms with Crippen LogP contribution in [0.5, 0.6) is 0 Å². The van der Waals surface area contributed by atoms with Gasteiger partial charge in [-0.05, 0) is 134 Å². The van der Waals surface area contributed by atoms with E-state index >= 15 is 0 Å². The summed E-state index contributed by atoms with van der Waals surface area (Å²) in [5.41, 5.74) is 16.0. The molecule has 10 aromatic rings. The van der Waals surface area contributed by atoms with Gasteiger partial charge in [0.2, 0.25) is 0 Å². The minimum atomic E-state index is -0.0482. The van der Waals surface area contributed by atoms with E-state index in [9.17, 15) is 0 Å².